The van der Waals surface area contributed by atoms with Crippen molar-refractivity contribution in [3.8, 4) is 11.1 Å². The minimum Gasteiger partial charge on any atom is -0.224 e. The van der Waals surface area contributed by atoms with Gasteiger partial charge in [0.05, 0.1) is 36.0 Å². The molecule has 232 valence electrons. The number of hydrogen-bond donors (Lipinski definition) is 0. The predicted molar refractivity (Wildman–Crippen MR) is 172 cm³/mol. The largest absolute Gasteiger partial charge is 0.224 e. The summed E-state index contributed by atoms with van der Waals surface area (Å²) in [6, 6.07) is 31.9. The van der Waals surface area contributed by atoms with Crippen LogP contribution >= 0.6 is 0 Å². The average Bonchev–Trinajstić information content (AvgIpc) is 3.01. The first-order chi connectivity index (χ1) is 21.1. The van der Waals surface area contributed by atoms with Crippen LogP contribution in [0.15, 0.2) is 152 Å². The van der Waals surface area contributed by atoms with Crippen molar-refractivity contribution < 1.29 is 33.7 Å². The molecule has 0 saturated carbocycles. The van der Waals surface area contributed by atoms with Crippen molar-refractivity contribution in [2.75, 3.05) is 6.26 Å². The van der Waals surface area contributed by atoms with Gasteiger partial charge in [0, 0.05) is 6.26 Å². The van der Waals surface area contributed by atoms with Crippen molar-refractivity contribution in [1.82, 2.24) is 0 Å². The van der Waals surface area contributed by atoms with Gasteiger partial charge in [0.15, 0.2) is 29.5 Å². The Hall–Kier alpha value is -4.10. The molecule has 0 saturated heterocycles. The van der Waals surface area contributed by atoms with Crippen LogP contribution in [-0.2, 0) is 50.9 Å². The molecule has 0 spiro atoms. The van der Waals surface area contributed by atoms with Crippen LogP contribution in [0.25, 0.3) is 11.1 Å². The highest BCUT2D eigenvalue weighted by atomic mass is 32.2. The minimum absolute atomic E-state index is 0.000853. The van der Waals surface area contributed by atoms with E-state index in [0.29, 0.717) is 11.1 Å². The third kappa shape index (κ3) is 7.42. The van der Waals surface area contributed by atoms with E-state index < -0.39 is 39.3 Å². The molecule has 0 aliphatic rings. The zero-order valence-corrected chi connectivity index (χ0v) is 27.2. The number of rotatable bonds is 10. The van der Waals surface area contributed by atoms with Crippen LogP contribution in [0.5, 0.6) is 0 Å². The molecule has 0 heterocycles. The van der Waals surface area contributed by atoms with Gasteiger partial charge in [0.1, 0.15) is 0 Å². The van der Waals surface area contributed by atoms with Crippen molar-refractivity contribution in [2.24, 2.45) is 0 Å². The van der Waals surface area contributed by atoms with Gasteiger partial charge >= 0.3 is 0 Å². The molecule has 0 atom stereocenters. The third-order valence-electron chi connectivity index (χ3n) is 7.11. The molecule has 0 radical (unpaired) electrons. The average molecular weight is 681 g/mol. The molecule has 0 amide bonds. The minimum atomic E-state index is -3.77. The van der Waals surface area contributed by atoms with E-state index in [4.69, 9.17) is 0 Å². The lowest BCUT2D eigenvalue weighted by atomic mass is 10.0. The summed E-state index contributed by atoms with van der Waals surface area (Å²) in [6.45, 7) is 0. The molecule has 0 bridgehead atoms. The summed E-state index contributed by atoms with van der Waals surface area (Å²) in [6.07, 6.45) is 1.08. The molecular formula is C33H28O8S4. The summed E-state index contributed by atoms with van der Waals surface area (Å²) < 4.78 is 101. The van der Waals surface area contributed by atoms with Crippen LogP contribution in [-0.4, -0.2) is 39.9 Å². The molecule has 0 unspecified atom stereocenters. The Balaban J connectivity index is 1.26. The Bertz CT molecular complexity index is 2260. The van der Waals surface area contributed by atoms with Crippen molar-refractivity contribution in [1.29, 1.82) is 0 Å². The fourth-order valence-corrected chi connectivity index (χ4v) is 9.26. The predicted octanol–water partition coefficient (Wildman–Crippen LogP) is 5.54. The van der Waals surface area contributed by atoms with Gasteiger partial charge < -0.3 is 0 Å². The van der Waals surface area contributed by atoms with E-state index in [2.05, 4.69) is 0 Å². The molecule has 5 rings (SSSR count). The van der Waals surface area contributed by atoms with E-state index in [1.54, 1.807) is 54.6 Å². The number of benzene rings is 5. The molecule has 0 aromatic heterocycles. The van der Waals surface area contributed by atoms with Crippen LogP contribution in [0.4, 0.5) is 0 Å². The molecule has 0 N–H and O–H groups in total. The zero-order valence-electron chi connectivity index (χ0n) is 23.9. The molecule has 45 heavy (non-hydrogen) atoms. The molecule has 0 aliphatic heterocycles. The number of hydrogen-bond acceptors (Lipinski definition) is 8. The van der Waals surface area contributed by atoms with Gasteiger partial charge in [-0.05, 0) is 82.9 Å². The van der Waals surface area contributed by atoms with E-state index in [1.165, 1.54) is 72.8 Å². The zero-order chi connectivity index (χ0) is 32.5. The Morgan fingerprint density at radius 2 is 0.711 bits per heavy atom. The lowest BCUT2D eigenvalue weighted by Gasteiger charge is -2.09. The van der Waals surface area contributed by atoms with Gasteiger partial charge in [-0.3, -0.25) is 0 Å². The van der Waals surface area contributed by atoms with Crippen LogP contribution in [0.2, 0.25) is 0 Å². The van der Waals surface area contributed by atoms with Gasteiger partial charge in [0.2, 0.25) is 9.84 Å². The van der Waals surface area contributed by atoms with Gasteiger partial charge in [-0.25, -0.2) is 33.7 Å². The Morgan fingerprint density at radius 1 is 0.378 bits per heavy atom. The van der Waals surface area contributed by atoms with Gasteiger partial charge in [-0.1, -0.05) is 66.7 Å². The van der Waals surface area contributed by atoms with Crippen LogP contribution in [0.1, 0.15) is 11.1 Å². The van der Waals surface area contributed by atoms with Crippen molar-refractivity contribution in [3.63, 3.8) is 0 Å². The summed E-state index contributed by atoms with van der Waals surface area (Å²) in [5.74, 6) is -0.578. The molecule has 12 heteroatoms. The second kappa shape index (κ2) is 12.4. The highest BCUT2D eigenvalue weighted by Gasteiger charge is 2.21. The maximum atomic E-state index is 13.1. The van der Waals surface area contributed by atoms with E-state index in [9.17, 15) is 33.7 Å². The maximum Gasteiger partial charge on any atom is 0.206 e. The first kappa shape index (κ1) is 32.3. The fourth-order valence-electron chi connectivity index (χ4n) is 4.65. The van der Waals surface area contributed by atoms with Gasteiger partial charge in [0.25, 0.3) is 0 Å². The monoisotopic (exact) mass is 680 g/mol. The molecule has 0 aliphatic carbocycles. The number of sulfone groups is 4. The normalized spacial score (nSPS) is 12.6. The van der Waals surface area contributed by atoms with Gasteiger partial charge in [-0.15, -0.1) is 0 Å². The Labute approximate surface area is 263 Å². The quantitative estimate of drug-likeness (QED) is 0.188. The molecule has 5 aromatic carbocycles. The first-order valence-corrected chi connectivity index (χ1v) is 20.2. The van der Waals surface area contributed by atoms with Crippen LogP contribution in [0.3, 0.4) is 0 Å². The van der Waals surface area contributed by atoms with E-state index >= 15 is 0 Å². The second-order valence-corrected chi connectivity index (χ2v) is 18.4. The molecule has 0 fully saturated rings. The SMILES string of the molecule is CS(=O)(=O)c1ccc(CS(=O)(=O)c2ccc(-c3ccc(CS(=O)(=O)c4ccc(S(=O)(=O)c5ccccc5)cc4)cc3)cc2)cc1. The van der Waals surface area contributed by atoms with Crippen molar-refractivity contribution in [3.05, 3.63) is 139 Å². The van der Waals surface area contributed by atoms with Crippen LogP contribution in [0, 0.1) is 0 Å². The van der Waals surface area contributed by atoms with Gasteiger partial charge in [-0.2, -0.15) is 0 Å². The first-order valence-electron chi connectivity index (χ1n) is 13.5. The highest BCUT2D eigenvalue weighted by molar-refractivity contribution is 7.92. The summed E-state index contributed by atoms with van der Waals surface area (Å²) in [7, 11) is -14.6. The van der Waals surface area contributed by atoms with E-state index in [-0.39, 0.29) is 36.0 Å². The fraction of sp³-hybridized carbons (Fsp3) is 0.0909. The lowest BCUT2D eigenvalue weighted by Crippen LogP contribution is -2.06. The smallest absolute Gasteiger partial charge is 0.206 e. The summed E-state index contributed by atoms with van der Waals surface area (Å²) in [4.78, 5) is 0.350. The van der Waals surface area contributed by atoms with Crippen molar-refractivity contribution >= 4 is 39.3 Å². The summed E-state index contributed by atoms with van der Waals surface area (Å²) >= 11 is 0. The maximum absolute atomic E-state index is 13.1. The molecule has 5 aromatic rings. The Kier molecular flexibility index (Phi) is 8.87. The van der Waals surface area contributed by atoms with Crippen molar-refractivity contribution in [2.45, 2.75) is 36.0 Å². The van der Waals surface area contributed by atoms with E-state index in [1.807, 2.05) is 0 Å². The lowest BCUT2D eigenvalue weighted by molar-refractivity contribution is 0.592. The third-order valence-corrected chi connectivity index (χ3v) is 13.4. The molecular weight excluding hydrogens is 653 g/mol. The van der Waals surface area contributed by atoms with E-state index in [0.717, 1.165) is 17.4 Å². The summed E-state index contributed by atoms with van der Waals surface area (Å²) in [5.41, 5.74) is 2.48. The Morgan fingerprint density at radius 3 is 1.16 bits per heavy atom. The topological polar surface area (TPSA) is 137 Å². The summed E-state index contributed by atoms with van der Waals surface area (Å²) in [5, 5.41) is 0. The standard InChI is InChI=1S/C33H28O8S4/c1-42(34,35)29-15-9-26(10-16-29)24-43(36,37)30-17-13-28(14-18-30)27-11-7-25(8-12-27)23-44(38,39)31-19-21-33(22-20-31)45(40,41)32-5-3-2-4-6-32/h2-22H,23-24H2,1H3. The van der Waals surface area contributed by atoms with Crippen LogP contribution < -0.4 is 0 Å². The molecule has 8 nitrogen and oxygen atoms in total. The highest BCUT2D eigenvalue weighted by Crippen LogP contribution is 2.27. The second-order valence-electron chi connectivity index (χ2n) is 10.4.